The second kappa shape index (κ2) is 13.4. The number of aromatic nitrogens is 2. The average Bonchev–Trinajstić information content (AvgIpc) is 3.00. The van der Waals surface area contributed by atoms with E-state index in [4.69, 9.17) is 5.11 Å². The van der Waals surface area contributed by atoms with Crippen molar-refractivity contribution in [1.82, 2.24) is 4.98 Å². The summed E-state index contributed by atoms with van der Waals surface area (Å²) < 4.78 is 2.20. The Balaban J connectivity index is 1.70. The molecule has 1 aromatic rings. The van der Waals surface area contributed by atoms with Gasteiger partial charge in [0.05, 0.1) is 6.54 Å². The molecule has 22 heavy (non-hydrogen) atoms. The molecule has 0 atom stereocenters. The minimum Gasteiger partial charge on any atom is -0.481 e. The molecule has 126 valence electrons. The Bertz CT molecular complexity index is 363. The van der Waals surface area contributed by atoms with Crippen LogP contribution in [0.15, 0.2) is 18.7 Å². The van der Waals surface area contributed by atoms with E-state index < -0.39 is 5.97 Å². The maximum absolute atomic E-state index is 10.4. The van der Waals surface area contributed by atoms with Crippen molar-refractivity contribution in [3.05, 3.63) is 18.7 Å². The highest BCUT2D eigenvalue weighted by Crippen LogP contribution is 2.12. The minimum absolute atomic E-state index is 0.336. The summed E-state index contributed by atoms with van der Waals surface area (Å²) in [6, 6.07) is 0. The number of nitrogens with zero attached hydrogens (tertiary/aromatic N) is 1. The lowest BCUT2D eigenvalue weighted by Crippen LogP contribution is -2.30. The second-order valence-electron chi connectivity index (χ2n) is 6.24. The molecular weight excluding hydrogens is 276 g/mol. The molecule has 4 heteroatoms. The zero-order valence-electron chi connectivity index (χ0n) is 13.9. The van der Waals surface area contributed by atoms with Gasteiger partial charge < -0.3 is 5.11 Å². The van der Waals surface area contributed by atoms with E-state index in [9.17, 15) is 4.79 Å². The second-order valence-corrected chi connectivity index (χ2v) is 6.24. The molecule has 4 nitrogen and oxygen atoms in total. The number of carbonyl (C=O) groups is 1. The number of hydrogen-bond acceptors (Lipinski definition) is 1. The first-order valence-corrected chi connectivity index (χ1v) is 9.02. The van der Waals surface area contributed by atoms with E-state index in [1.165, 1.54) is 64.2 Å². The number of imidazole rings is 1. The van der Waals surface area contributed by atoms with E-state index in [2.05, 4.69) is 15.7 Å². The third-order valence-corrected chi connectivity index (χ3v) is 4.16. The normalized spacial score (nSPS) is 10.9. The summed E-state index contributed by atoms with van der Waals surface area (Å²) in [6.07, 6.45) is 21.5. The molecule has 2 N–H and O–H groups in total. The molecule has 0 fully saturated rings. The van der Waals surface area contributed by atoms with Crippen LogP contribution in [-0.4, -0.2) is 16.1 Å². The Hall–Kier alpha value is -1.32. The predicted molar refractivity (Wildman–Crippen MR) is 88.6 cm³/mol. The number of aliphatic carboxylic acids is 1. The molecule has 0 bridgehead atoms. The highest BCUT2D eigenvalue weighted by Gasteiger charge is 1.98. The number of carboxylic acid groups (broad SMARTS) is 1. The number of H-pyrrole nitrogens is 1. The fourth-order valence-corrected chi connectivity index (χ4v) is 2.80. The Morgan fingerprint density at radius 1 is 0.818 bits per heavy atom. The summed E-state index contributed by atoms with van der Waals surface area (Å²) in [4.78, 5) is 13.4. The SMILES string of the molecule is O=C(O)CCCCCCCCCCCCCC[n+]1cc[nH]c1. The molecule has 0 spiro atoms. The van der Waals surface area contributed by atoms with E-state index in [0.29, 0.717) is 6.42 Å². The van der Waals surface area contributed by atoms with Crippen molar-refractivity contribution in [2.45, 2.75) is 90.0 Å². The van der Waals surface area contributed by atoms with Crippen LogP contribution in [0.3, 0.4) is 0 Å². The highest BCUT2D eigenvalue weighted by atomic mass is 16.4. The van der Waals surface area contributed by atoms with Crippen LogP contribution in [0, 0.1) is 0 Å². The molecule has 0 saturated carbocycles. The van der Waals surface area contributed by atoms with E-state index in [1.54, 1.807) is 0 Å². The molecule has 0 aliphatic carbocycles. The van der Waals surface area contributed by atoms with Gasteiger partial charge in [-0.05, 0) is 19.3 Å². The number of rotatable bonds is 15. The van der Waals surface area contributed by atoms with E-state index >= 15 is 0 Å². The summed E-state index contributed by atoms with van der Waals surface area (Å²) in [5.74, 6) is -0.660. The average molecular weight is 309 g/mol. The van der Waals surface area contributed by atoms with Crippen molar-refractivity contribution in [3.63, 3.8) is 0 Å². The summed E-state index contributed by atoms with van der Waals surface area (Å²) in [5, 5.41) is 8.54. The Morgan fingerprint density at radius 2 is 1.32 bits per heavy atom. The van der Waals surface area contributed by atoms with Crippen molar-refractivity contribution >= 4 is 5.97 Å². The van der Waals surface area contributed by atoms with Crippen molar-refractivity contribution < 1.29 is 14.5 Å². The van der Waals surface area contributed by atoms with Gasteiger partial charge in [-0.15, -0.1) is 0 Å². The third kappa shape index (κ3) is 11.4. The first kappa shape index (κ1) is 18.7. The van der Waals surface area contributed by atoms with Crippen LogP contribution in [0.1, 0.15) is 83.5 Å². The largest absolute Gasteiger partial charge is 0.481 e. The zero-order chi connectivity index (χ0) is 15.9. The van der Waals surface area contributed by atoms with Gasteiger partial charge in [0.15, 0.2) is 0 Å². The Kier molecular flexibility index (Phi) is 11.4. The number of hydrogen-bond donors (Lipinski definition) is 2. The smallest absolute Gasteiger partial charge is 0.303 e. The Labute approximate surface area is 135 Å². The number of aromatic amines is 1. The summed E-state index contributed by atoms with van der Waals surface area (Å²) in [5.41, 5.74) is 0. The predicted octanol–water partition coefficient (Wildman–Crippen LogP) is 4.46. The van der Waals surface area contributed by atoms with Gasteiger partial charge in [0.25, 0.3) is 0 Å². The van der Waals surface area contributed by atoms with Crippen LogP contribution < -0.4 is 4.57 Å². The molecule has 0 radical (unpaired) electrons. The fraction of sp³-hybridized carbons (Fsp3) is 0.778. The summed E-state index contributed by atoms with van der Waals surface area (Å²) in [7, 11) is 0. The lowest BCUT2D eigenvalue weighted by molar-refractivity contribution is -0.696. The topological polar surface area (TPSA) is 57.0 Å². The molecule has 1 heterocycles. The molecule has 0 unspecified atom stereocenters. The van der Waals surface area contributed by atoms with Crippen LogP contribution in [0.25, 0.3) is 0 Å². The van der Waals surface area contributed by atoms with Crippen LogP contribution in [0.4, 0.5) is 0 Å². The molecule has 0 amide bonds. The van der Waals surface area contributed by atoms with Gasteiger partial charge in [0.2, 0.25) is 6.33 Å². The van der Waals surface area contributed by atoms with E-state index in [1.807, 2.05) is 12.5 Å². The number of nitrogens with one attached hydrogen (secondary N) is 1. The number of aryl methyl sites for hydroxylation is 1. The monoisotopic (exact) mass is 309 g/mol. The molecule has 0 saturated heterocycles. The van der Waals surface area contributed by atoms with Crippen LogP contribution in [0.5, 0.6) is 0 Å². The Morgan fingerprint density at radius 3 is 1.77 bits per heavy atom. The standard InChI is InChI=1S/C18H32N2O2/c21-18(22)13-11-9-7-5-3-1-2-4-6-8-10-12-15-20-16-14-19-17-20/h14,16-17H,1-13,15H2,(H,21,22)/p+1. The number of carboxylic acids is 1. The summed E-state index contributed by atoms with van der Waals surface area (Å²) in [6.45, 7) is 1.13. The van der Waals surface area contributed by atoms with Crippen molar-refractivity contribution in [2.75, 3.05) is 0 Å². The van der Waals surface area contributed by atoms with Gasteiger partial charge >= 0.3 is 5.97 Å². The van der Waals surface area contributed by atoms with Crippen molar-refractivity contribution in [1.29, 1.82) is 0 Å². The molecule has 0 aliphatic rings. The quantitative estimate of drug-likeness (QED) is 0.371. The van der Waals surface area contributed by atoms with E-state index in [-0.39, 0.29) is 0 Å². The first-order valence-electron chi connectivity index (χ1n) is 9.02. The maximum Gasteiger partial charge on any atom is 0.303 e. The number of unbranched alkanes of at least 4 members (excludes halogenated alkanes) is 11. The van der Waals surface area contributed by atoms with Gasteiger partial charge in [-0.1, -0.05) is 57.8 Å². The van der Waals surface area contributed by atoms with Gasteiger partial charge in [-0.25, -0.2) is 4.57 Å². The van der Waals surface area contributed by atoms with Gasteiger partial charge in [-0.2, -0.15) is 0 Å². The van der Waals surface area contributed by atoms with Crippen molar-refractivity contribution in [2.24, 2.45) is 0 Å². The zero-order valence-corrected chi connectivity index (χ0v) is 13.9. The van der Waals surface area contributed by atoms with Crippen LogP contribution in [-0.2, 0) is 11.3 Å². The lowest BCUT2D eigenvalue weighted by atomic mass is 10.0. The van der Waals surface area contributed by atoms with Gasteiger partial charge in [0.1, 0.15) is 12.4 Å². The maximum atomic E-state index is 10.4. The fourth-order valence-electron chi connectivity index (χ4n) is 2.80. The molecule has 1 rings (SSSR count). The summed E-state index contributed by atoms with van der Waals surface area (Å²) >= 11 is 0. The lowest BCUT2D eigenvalue weighted by Gasteiger charge is -2.02. The van der Waals surface area contributed by atoms with E-state index in [0.717, 1.165) is 19.4 Å². The molecule has 0 aromatic carbocycles. The third-order valence-electron chi connectivity index (χ3n) is 4.16. The molecule has 0 aliphatic heterocycles. The van der Waals surface area contributed by atoms with Crippen LogP contribution in [0.2, 0.25) is 0 Å². The minimum atomic E-state index is -0.660. The first-order chi connectivity index (χ1) is 10.8. The van der Waals surface area contributed by atoms with Crippen molar-refractivity contribution in [3.8, 4) is 0 Å². The molecule has 1 aromatic heterocycles. The molecular formula is C18H33N2O2+. The highest BCUT2D eigenvalue weighted by molar-refractivity contribution is 5.66. The van der Waals surface area contributed by atoms with Gasteiger partial charge in [0, 0.05) is 6.42 Å². The van der Waals surface area contributed by atoms with Gasteiger partial charge in [-0.3, -0.25) is 9.78 Å². The van der Waals surface area contributed by atoms with Crippen LogP contribution >= 0.6 is 0 Å².